The lowest BCUT2D eigenvalue weighted by Crippen LogP contribution is -2.30. The molecule has 0 aromatic carbocycles. The fourth-order valence-electron chi connectivity index (χ4n) is 8.03. The summed E-state index contributed by atoms with van der Waals surface area (Å²) in [6.45, 7) is 6.37. The molecule has 0 aliphatic heterocycles. The summed E-state index contributed by atoms with van der Waals surface area (Å²) in [4.78, 5) is 38.1. The summed E-state index contributed by atoms with van der Waals surface area (Å²) in [7, 11) is 0. The van der Waals surface area contributed by atoms with Crippen LogP contribution in [0.4, 0.5) is 0 Å². The van der Waals surface area contributed by atoms with Gasteiger partial charge in [-0.1, -0.05) is 258 Å². The topological polar surface area (TPSA) is 78.9 Å². The van der Waals surface area contributed by atoms with Gasteiger partial charge < -0.3 is 14.2 Å². The Morgan fingerprint density at radius 1 is 0.288 bits per heavy atom. The fourth-order valence-corrected chi connectivity index (χ4v) is 8.03. The van der Waals surface area contributed by atoms with Gasteiger partial charge in [0.15, 0.2) is 6.10 Å². The molecule has 0 saturated carbocycles. The van der Waals surface area contributed by atoms with Crippen molar-refractivity contribution in [2.45, 2.75) is 271 Å². The Bertz CT molecular complexity index is 1540. The lowest BCUT2D eigenvalue weighted by molar-refractivity contribution is -0.167. The second kappa shape index (κ2) is 60.4. The third-order valence-electron chi connectivity index (χ3n) is 12.5. The number of hydrogen-bond donors (Lipinski definition) is 0. The van der Waals surface area contributed by atoms with Gasteiger partial charge in [0.2, 0.25) is 0 Å². The van der Waals surface area contributed by atoms with Gasteiger partial charge in [-0.25, -0.2) is 0 Å². The van der Waals surface area contributed by atoms with Gasteiger partial charge in [0.1, 0.15) is 13.2 Å². The lowest BCUT2D eigenvalue weighted by Gasteiger charge is -2.18. The molecule has 0 fully saturated rings. The molecule has 1 atom stereocenters. The molecule has 0 aliphatic rings. The van der Waals surface area contributed by atoms with Gasteiger partial charge in [-0.15, -0.1) is 0 Å². The molecule has 0 rings (SSSR count). The van der Waals surface area contributed by atoms with Gasteiger partial charge in [-0.3, -0.25) is 14.4 Å². The van der Waals surface area contributed by atoms with E-state index in [2.05, 4.69) is 142 Å². The maximum atomic E-state index is 12.8. The zero-order chi connectivity index (χ0) is 52.9. The van der Waals surface area contributed by atoms with Crippen LogP contribution in [0.15, 0.2) is 122 Å². The van der Waals surface area contributed by atoms with Crippen LogP contribution in [0, 0.1) is 0 Å². The van der Waals surface area contributed by atoms with Gasteiger partial charge in [0.25, 0.3) is 0 Å². The van der Waals surface area contributed by atoms with E-state index in [0.29, 0.717) is 19.3 Å². The smallest absolute Gasteiger partial charge is 0.306 e. The van der Waals surface area contributed by atoms with Crippen LogP contribution in [0.1, 0.15) is 265 Å². The monoisotopic (exact) mass is 1010 g/mol. The molecule has 0 aromatic heterocycles. The summed E-state index contributed by atoms with van der Waals surface area (Å²) in [5.74, 6) is -0.914. The second-order valence-corrected chi connectivity index (χ2v) is 19.5. The van der Waals surface area contributed by atoms with E-state index in [9.17, 15) is 14.4 Å². The number of esters is 3. The van der Waals surface area contributed by atoms with Crippen molar-refractivity contribution in [3.63, 3.8) is 0 Å². The van der Waals surface area contributed by atoms with E-state index in [1.807, 2.05) is 0 Å². The predicted octanol–water partition coefficient (Wildman–Crippen LogP) is 20.4. The molecule has 0 amide bonds. The van der Waals surface area contributed by atoms with Crippen molar-refractivity contribution in [3.8, 4) is 0 Å². The number of unbranched alkanes of at least 4 members (excludes halogenated alkanes) is 22. The number of carbonyl (C=O) groups is 3. The van der Waals surface area contributed by atoms with Crippen molar-refractivity contribution in [1.29, 1.82) is 0 Å². The Morgan fingerprint density at radius 3 is 0.836 bits per heavy atom. The molecule has 1 unspecified atom stereocenters. The van der Waals surface area contributed by atoms with Gasteiger partial charge in [-0.05, 0) is 109 Å². The highest BCUT2D eigenvalue weighted by molar-refractivity contribution is 5.71. The Labute approximate surface area is 450 Å². The van der Waals surface area contributed by atoms with E-state index in [4.69, 9.17) is 14.2 Å². The van der Waals surface area contributed by atoms with Gasteiger partial charge in [0, 0.05) is 19.3 Å². The molecule has 0 aromatic rings. The van der Waals surface area contributed by atoms with Crippen molar-refractivity contribution in [2.24, 2.45) is 0 Å². The molecule has 0 heterocycles. The minimum Gasteiger partial charge on any atom is -0.462 e. The van der Waals surface area contributed by atoms with E-state index in [1.54, 1.807) is 0 Å². The van der Waals surface area contributed by atoms with Gasteiger partial charge in [-0.2, -0.15) is 0 Å². The number of carbonyl (C=O) groups excluding carboxylic acids is 3. The summed E-state index contributed by atoms with van der Waals surface area (Å²) < 4.78 is 16.8. The molecule has 0 N–H and O–H groups in total. The molecule has 6 heteroatoms. The highest BCUT2D eigenvalue weighted by Crippen LogP contribution is 2.15. The third-order valence-corrected chi connectivity index (χ3v) is 12.5. The van der Waals surface area contributed by atoms with E-state index in [0.717, 1.165) is 148 Å². The first kappa shape index (κ1) is 68.8. The van der Waals surface area contributed by atoms with E-state index in [-0.39, 0.29) is 31.1 Å². The van der Waals surface area contributed by atoms with E-state index >= 15 is 0 Å². The maximum absolute atomic E-state index is 12.8. The van der Waals surface area contributed by atoms with Crippen LogP contribution in [-0.4, -0.2) is 37.2 Å². The average molecular weight is 1010 g/mol. The Balaban J connectivity index is 4.21. The minimum absolute atomic E-state index is 0.0870. The Morgan fingerprint density at radius 2 is 0.534 bits per heavy atom. The van der Waals surface area contributed by atoms with E-state index in [1.165, 1.54) is 77.0 Å². The van der Waals surface area contributed by atoms with E-state index < -0.39 is 6.10 Å². The Hall–Kier alpha value is -4.19. The molecule has 0 spiro atoms. The lowest BCUT2D eigenvalue weighted by atomic mass is 10.1. The SMILES string of the molecule is CC/C=C\C/C=C\C/C=C\C/C=C\C/C=C\C/C=C\C/C=C\CCCCCCCCCCCC(=O)OCC(COC(=O)CCCCCCCCCCC)OC(=O)CCCCCCC/C=C\C/C=C\C/C=C\CC. The summed E-state index contributed by atoms with van der Waals surface area (Å²) in [5, 5.41) is 0. The molecular weight excluding hydrogens is 901 g/mol. The standard InChI is InChI=1S/C67H110O6/c1-4-7-10-13-16-19-21-23-25-26-27-28-29-30-31-32-33-34-35-36-37-38-39-40-42-43-45-48-51-54-57-60-66(69)72-63-64(62-71-65(68)59-56-53-50-47-18-15-12-9-6-3)73-67(70)61-58-55-52-49-46-44-41-24-22-20-17-14-11-8-5-2/h7-8,10-11,16-17,19-20,23-25,27-28,30-31,33-34,36-37,41,64H,4-6,9,12-15,18,21-22,26,29,32,35,38-40,42-63H2,1-3H3/b10-7-,11-8-,19-16-,20-17-,25-23-,28-27-,31-30-,34-33-,37-36-,41-24-. The molecule has 73 heavy (non-hydrogen) atoms. The normalized spacial score (nSPS) is 13.0. The average Bonchev–Trinajstić information content (AvgIpc) is 3.39. The first-order valence-corrected chi connectivity index (χ1v) is 30.0. The highest BCUT2D eigenvalue weighted by Gasteiger charge is 2.19. The molecule has 0 radical (unpaired) electrons. The van der Waals surface area contributed by atoms with Gasteiger partial charge in [0.05, 0.1) is 0 Å². The number of allylic oxidation sites excluding steroid dienone is 20. The van der Waals surface area contributed by atoms with Crippen LogP contribution in [0.5, 0.6) is 0 Å². The van der Waals surface area contributed by atoms with Crippen LogP contribution >= 0.6 is 0 Å². The molecule has 0 aliphatic carbocycles. The Kier molecular flexibility index (Phi) is 56.9. The second-order valence-electron chi connectivity index (χ2n) is 19.5. The minimum atomic E-state index is -0.790. The van der Waals surface area contributed by atoms with Crippen molar-refractivity contribution >= 4 is 17.9 Å². The van der Waals surface area contributed by atoms with Crippen LogP contribution in [0.2, 0.25) is 0 Å². The van der Waals surface area contributed by atoms with Crippen molar-refractivity contribution in [2.75, 3.05) is 13.2 Å². The highest BCUT2D eigenvalue weighted by atomic mass is 16.6. The van der Waals surface area contributed by atoms with Crippen molar-refractivity contribution in [1.82, 2.24) is 0 Å². The number of ether oxygens (including phenoxy) is 3. The van der Waals surface area contributed by atoms with Crippen LogP contribution in [0.3, 0.4) is 0 Å². The maximum Gasteiger partial charge on any atom is 0.306 e. The summed E-state index contributed by atoms with van der Waals surface area (Å²) in [6, 6.07) is 0. The number of rotatable bonds is 53. The zero-order valence-electron chi connectivity index (χ0n) is 47.4. The molecule has 0 saturated heterocycles. The van der Waals surface area contributed by atoms with Crippen molar-refractivity contribution < 1.29 is 28.6 Å². The molecular formula is C67H110O6. The van der Waals surface area contributed by atoms with Crippen LogP contribution in [-0.2, 0) is 28.6 Å². The summed E-state index contributed by atoms with van der Waals surface area (Å²) >= 11 is 0. The summed E-state index contributed by atoms with van der Waals surface area (Å²) in [5.41, 5.74) is 0. The quantitative estimate of drug-likeness (QED) is 0.0261. The first-order valence-electron chi connectivity index (χ1n) is 30.0. The van der Waals surface area contributed by atoms with Crippen molar-refractivity contribution in [3.05, 3.63) is 122 Å². The number of hydrogen-bond acceptors (Lipinski definition) is 6. The molecule has 6 nitrogen and oxygen atoms in total. The van der Waals surface area contributed by atoms with Crippen LogP contribution < -0.4 is 0 Å². The first-order chi connectivity index (χ1) is 36.0. The zero-order valence-corrected chi connectivity index (χ0v) is 47.4. The molecule has 0 bridgehead atoms. The molecule has 414 valence electrons. The van der Waals surface area contributed by atoms with Crippen LogP contribution in [0.25, 0.3) is 0 Å². The summed E-state index contributed by atoms with van der Waals surface area (Å²) in [6.07, 6.45) is 83.5. The fraction of sp³-hybridized carbons (Fsp3) is 0.657. The predicted molar refractivity (Wildman–Crippen MR) is 316 cm³/mol. The van der Waals surface area contributed by atoms with Gasteiger partial charge >= 0.3 is 17.9 Å². The largest absolute Gasteiger partial charge is 0.462 e. The third kappa shape index (κ3) is 58.6.